The van der Waals surface area contributed by atoms with Gasteiger partial charge in [0.05, 0.1) is 29.9 Å². The molecule has 8 nitrogen and oxygen atoms in total. The lowest BCUT2D eigenvalue weighted by molar-refractivity contribution is -0.118. The van der Waals surface area contributed by atoms with E-state index < -0.39 is 11.7 Å². The molecule has 190 valence electrons. The Morgan fingerprint density at radius 1 is 1.16 bits per heavy atom. The minimum Gasteiger partial charge on any atom is -0.493 e. The van der Waals surface area contributed by atoms with Gasteiger partial charge in [-0.15, -0.1) is 0 Å². The fourth-order valence-electron chi connectivity index (χ4n) is 3.48. The molecule has 0 aliphatic rings. The van der Waals surface area contributed by atoms with Gasteiger partial charge < -0.3 is 14.8 Å². The molecule has 4 aromatic rings. The normalized spacial score (nSPS) is 11.2. The molecule has 0 unspecified atom stereocenters. The van der Waals surface area contributed by atoms with E-state index in [0.29, 0.717) is 44.7 Å². The summed E-state index contributed by atoms with van der Waals surface area (Å²) in [5, 5.41) is 7.30. The van der Waals surface area contributed by atoms with Crippen molar-refractivity contribution in [2.75, 3.05) is 19.0 Å². The van der Waals surface area contributed by atoms with Crippen molar-refractivity contribution in [2.45, 2.75) is 13.3 Å². The number of carbonyl (C=O) groups is 1. The molecular formula is C26H21Br2FN4O4. The smallest absolute Gasteiger partial charge is 0.282 e. The van der Waals surface area contributed by atoms with Gasteiger partial charge in [-0.1, -0.05) is 35.0 Å². The van der Waals surface area contributed by atoms with Crippen LogP contribution in [0.2, 0.25) is 0 Å². The molecule has 1 heterocycles. The van der Waals surface area contributed by atoms with Gasteiger partial charge in [0.1, 0.15) is 11.6 Å². The molecule has 11 heteroatoms. The SMILES string of the molecule is CCc1nc2ccc(Br)cc2c(=O)n1N=Cc1cc(OC)c(OCC(=O)Nc2ccccc2F)cc1Br. The zero-order valence-electron chi connectivity index (χ0n) is 19.8. The first-order valence-corrected chi connectivity index (χ1v) is 12.7. The Morgan fingerprint density at radius 3 is 2.68 bits per heavy atom. The molecule has 0 saturated heterocycles. The van der Waals surface area contributed by atoms with E-state index in [2.05, 4.69) is 47.3 Å². The summed E-state index contributed by atoms with van der Waals surface area (Å²) in [5.74, 6) is 0.0704. The van der Waals surface area contributed by atoms with Gasteiger partial charge in [0, 0.05) is 20.9 Å². The van der Waals surface area contributed by atoms with Gasteiger partial charge in [-0.25, -0.2) is 9.37 Å². The number of aryl methyl sites for hydroxylation is 1. The Hall–Kier alpha value is -3.57. The second-order valence-corrected chi connectivity index (χ2v) is 9.52. The first-order chi connectivity index (χ1) is 17.8. The molecular weight excluding hydrogens is 611 g/mol. The number of hydrogen-bond acceptors (Lipinski definition) is 6. The molecule has 1 N–H and O–H groups in total. The predicted octanol–water partition coefficient (Wildman–Crippen LogP) is 5.53. The number of fused-ring (bicyclic) bond motifs is 1. The summed E-state index contributed by atoms with van der Waals surface area (Å²) in [6.45, 7) is 1.53. The molecule has 0 aliphatic heterocycles. The van der Waals surface area contributed by atoms with Crippen molar-refractivity contribution >= 4 is 60.6 Å². The molecule has 1 aromatic heterocycles. The van der Waals surface area contributed by atoms with Crippen molar-refractivity contribution in [2.24, 2.45) is 5.10 Å². The van der Waals surface area contributed by atoms with Crippen molar-refractivity contribution in [3.05, 3.63) is 91.1 Å². The van der Waals surface area contributed by atoms with E-state index in [1.165, 1.54) is 36.2 Å². The summed E-state index contributed by atoms with van der Waals surface area (Å²) in [6.07, 6.45) is 2.01. The Kier molecular flexibility index (Phi) is 8.34. The summed E-state index contributed by atoms with van der Waals surface area (Å²) >= 11 is 6.86. The van der Waals surface area contributed by atoms with Crippen LogP contribution in [-0.2, 0) is 11.2 Å². The quantitative estimate of drug-likeness (QED) is 0.258. The molecule has 0 bridgehead atoms. The maximum absolute atomic E-state index is 13.8. The van der Waals surface area contributed by atoms with Crippen molar-refractivity contribution in [3.63, 3.8) is 0 Å². The highest BCUT2D eigenvalue weighted by atomic mass is 79.9. The maximum atomic E-state index is 13.8. The van der Waals surface area contributed by atoms with Crippen LogP contribution in [0, 0.1) is 5.82 Å². The zero-order chi connectivity index (χ0) is 26.5. The number of methoxy groups -OCH3 is 1. The highest BCUT2D eigenvalue weighted by Gasteiger charge is 2.14. The summed E-state index contributed by atoms with van der Waals surface area (Å²) in [6, 6.07) is 14.5. The Bertz CT molecular complexity index is 1570. The van der Waals surface area contributed by atoms with E-state index in [4.69, 9.17) is 9.47 Å². The number of rotatable bonds is 8. The van der Waals surface area contributed by atoms with Gasteiger partial charge in [0.2, 0.25) is 0 Å². The third kappa shape index (κ3) is 6.05. The molecule has 1 amide bonds. The van der Waals surface area contributed by atoms with Crippen LogP contribution in [0.4, 0.5) is 10.1 Å². The molecule has 0 fully saturated rings. The van der Waals surface area contributed by atoms with Gasteiger partial charge >= 0.3 is 0 Å². The van der Waals surface area contributed by atoms with Crippen LogP contribution >= 0.6 is 31.9 Å². The highest BCUT2D eigenvalue weighted by Crippen LogP contribution is 2.33. The van der Waals surface area contributed by atoms with E-state index in [1.54, 1.807) is 30.3 Å². The number of hydrogen-bond donors (Lipinski definition) is 1. The molecule has 37 heavy (non-hydrogen) atoms. The van der Waals surface area contributed by atoms with Crippen molar-refractivity contribution in [1.82, 2.24) is 9.66 Å². The molecule has 0 saturated carbocycles. The Balaban J connectivity index is 1.57. The van der Waals surface area contributed by atoms with Crippen LogP contribution in [0.15, 0.2) is 73.4 Å². The minimum atomic E-state index is -0.542. The number of benzene rings is 3. The predicted molar refractivity (Wildman–Crippen MR) is 147 cm³/mol. The average Bonchev–Trinajstić information content (AvgIpc) is 2.89. The summed E-state index contributed by atoms with van der Waals surface area (Å²) in [5.41, 5.74) is 0.972. The molecule has 0 spiro atoms. The third-order valence-corrected chi connectivity index (χ3v) is 6.47. The van der Waals surface area contributed by atoms with Gasteiger partial charge in [-0.05, 0) is 58.4 Å². The number of nitrogens with zero attached hydrogens (tertiary/aromatic N) is 3. The van der Waals surface area contributed by atoms with Crippen LogP contribution < -0.4 is 20.3 Å². The second kappa shape index (κ2) is 11.7. The standard InChI is InChI=1S/C26H21Br2FN4O4/c1-3-24-31-20-9-8-16(27)11-17(20)26(35)33(24)30-13-15-10-22(36-2)23(12-18(15)28)37-14-25(34)32-21-7-5-4-6-19(21)29/h4-13H,3,14H2,1-2H3,(H,32,34). The van der Waals surface area contributed by atoms with Gasteiger partial charge in [-0.3, -0.25) is 9.59 Å². The van der Waals surface area contributed by atoms with Gasteiger partial charge in [-0.2, -0.15) is 9.78 Å². The van der Waals surface area contributed by atoms with Gasteiger partial charge in [0.25, 0.3) is 11.5 Å². The number of halogens is 3. The summed E-state index contributed by atoms with van der Waals surface area (Å²) < 4.78 is 27.4. The number of carbonyl (C=O) groups excluding carboxylic acids is 1. The Morgan fingerprint density at radius 2 is 1.95 bits per heavy atom. The molecule has 0 atom stereocenters. The number of ether oxygens (including phenoxy) is 2. The summed E-state index contributed by atoms with van der Waals surface area (Å²) in [4.78, 5) is 29.9. The van der Waals surface area contributed by atoms with E-state index in [1.807, 2.05) is 13.0 Å². The minimum absolute atomic E-state index is 0.0630. The molecule has 0 radical (unpaired) electrons. The van der Waals surface area contributed by atoms with Crippen LogP contribution in [-0.4, -0.2) is 35.5 Å². The fourth-order valence-corrected chi connectivity index (χ4v) is 4.26. The lowest BCUT2D eigenvalue weighted by Gasteiger charge is -2.13. The number of para-hydroxylation sites is 1. The highest BCUT2D eigenvalue weighted by molar-refractivity contribution is 9.10. The number of aromatic nitrogens is 2. The maximum Gasteiger partial charge on any atom is 0.282 e. The van der Waals surface area contributed by atoms with Crippen LogP contribution in [0.3, 0.4) is 0 Å². The van der Waals surface area contributed by atoms with Crippen LogP contribution in [0.5, 0.6) is 11.5 Å². The Labute approximate surface area is 228 Å². The molecule has 3 aromatic carbocycles. The number of nitrogens with one attached hydrogen (secondary N) is 1. The van der Waals surface area contributed by atoms with Crippen LogP contribution in [0.1, 0.15) is 18.3 Å². The largest absolute Gasteiger partial charge is 0.493 e. The monoisotopic (exact) mass is 630 g/mol. The molecule has 0 aliphatic carbocycles. The number of anilines is 1. The van der Waals surface area contributed by atoms with Crippen molar-refractivity contribution < 1.29 is 18.7 Å². The zero-order valence-corrected chi connectivity index (χ0v) is 23.0. The van der Waals surface area contributed by atoms with Crippen molar-refractivity contribution in [1.29, 1.82) is 0 Å². The third-order valence-electron chi connectivity index (χ3n) is 5.29. The first-order valence-electron chi connectivity index (χ1n) is 11.1. The fraction of sp³-hybridized carbons (Fsp3) is 0.154. The second-order valence-electron chi connectivity index (χ2n) is 7.75. The average molecular weight is 632 g/mol. The lowest BCUT2D eigenvalue weighted by atomic mass is 10.2. The van der Waals surface area contributed by atoms with E-state index >= 15 is 0 Å². The van der Waals surface area contributed by atoms with Crippen LogP contribution in [0.25, 0.3) is 10.9 Å². The molecule has 4 rings (SSSR count). The van der Waals surface area contributed by atoms with Gasteiger partial charge in [0.15, 0.2) is 18.1 Å². The topological polar surface area (TPSA) is 94.8 Å². The lowest BCUT2D eigenvalue weighted by Crippen LogP contribution is -2.22. The van der Waals surface area contributed by atoms with Crippen molar-refractivity contribution in [3.8, 4) is 11.5 Å². The van der Waals surface area contributed by atoms with E-state index in [9.17, 15) is 14.0 Å². The summed E-state index contributed by atoms with van der Waals surface area (Å²) in [7, 11) is 1.46. The first kappa shape index (κ1) is 26.5. The van der Waals surface area contributed by atoms with E-state index in [0.717, 1.165) is 4.47 Å². The van der Waals surface area contributed by atoms with E-state index in [-0.39, 0.29) is 17.9 Å². The number of amides is 1.